The molecule has 2 aromatic rings. The van der Waals surface area contributed by atoms with E-state index in [-0.39, 0.29) is 11.9 Å². The van der Waals surface area contributed by atoms with Crippen LogP contribution in [0.15, 0.2) is 47.4 Å². The molecule has 2 nitrogen and oxygen atoms in total. The second-order valence-electron chi connectivity index (χ2n) is 5.25. The molecule has 0 spiro atoms. The Hall–Kier alpha value is -1.36. The highest BCUT2D eigenvalue weighted by molar-refractivity contribution is 7.99. The quantitative estimate of drug-likeness (QED) is 0.486. The van der Waals surface area contributed by atoms with Gasteiger partial charge in [-0.2, -0.15) is 0 Å². The number of benzene rings is 2. The number of rotatable bonds is 6. The zero-order valence-electron chi connectivity index (χ0n) is 12.4. The minimum absolute atomic E-state index is 0.183. The van der Waals surface area contributed by atoms with Gasteiger partial charge in [0.25, 0.3) is 0 Å². The van der Waals surface area contributed by atoms with Crippen molar-refractivity contribution in [1.29, 1.82) is 0 Å². The number of halogens is 1. The zero-order chi connectivity index (χ0) is 15.2. The van der Waals surface area contributed by atoms with E-state index < -0.39 is 0 Å². The fraction of sp³-hybridized carbons (Fsp3) is 0.294. The van der Waals surface area contributed by atoms with Crippen molar-refractivity contribution in [1.82, 2.24) is 5.43 Å². The molecule has 2 rings (SSSR count). The van der Waals surface area contributed by atoms with Crippen molar-refractivity contribution in [2.45, 2.75) is 31.2 Å². The number of hydrogen-bond donors (Lipinski definition) is 2. The first-order valence-corrected chi connectivity index (χ1v) is 7.97. The molecule has 0 aliphatic carbocycles. The van der Waals surface area contributed by atoms with Crippen LogP contribution < -0.4 is 11.3 Å². The molecule has 0 aliphatic heterocycles. The summed E-state index contributed by atoms with van der Waals surface area (Å²) < 4.78 is 12.9. The normalized spacial score (nSPS) is 12.4. The van der Waals surface area contributed by atoms with Gasteiger partial charge in [-0.15, -0.1) is 11.8 Å². The smallest absolute Gasteiger partial charge is 0.123 e. The highest BCUT2D eigenvalue weighted by Gasteiger charge is 2.09. The van der Waals surface area contributed by atoms with E-state index in [0.29, 0.717) is 0 Å². The number of hydrazine groups is 1. The maximum atomic E-state index is 12.9. The van der Waals surface area contributed by atoms with Gasteiger partial charge in [0.1, 0.15) is 5.82 Å². The summed E-state index contributed by atoms with van der Waals surface area (Å²) in [5, 5.41) is 0. The molecule has 0 bridgehead atoms. The molecule has 0 saturated carbocycles. The highest BCUT2D eigenvalue weighted by atomic mass is 32.2. The lowest BCUT2D eigenvalue weighted by atomic mass is 10.0. The predicted octanol–water partition coefficient (Wildman–Crippen LogP) is 3.61. The van der Waals surface area contributed by atoms with Gasteiger partial charge in [-0.05, 0) is 61.2 Å². The van der Waals surface area contributed by atoms with Gasteiger partial charge >= 0.3 is 0 Å². The third-order valence-electron chi connectivity index (χ3n) is 3.55. The molecule has 0 heterocycles. The Balaban J connectivity index is 1.93. The van der Waals surface area contributed by atoms with Crippen LogP contribution in [0.5, 0.6) is 0 Å². The van der Waals surface area contributed by atoms with Crippen molar-refractivity contribution in [2.24, 2.45) is 5.84 Å². The number of hydrogen-bond acceptors (Lipinski definition) is 3. The lowest BCUT2D eigenvalue weighted by Crippen LogP contribution is -2.38. The number of aryl methyl sites for hydroxylation is 2. The molecule has 4 heteroatoms. The van der Waals surface area contributed by atoms with Crippen LogP contribution in [0.1, 0.15) is 16.7 Å². The maximum absolute atomic E-state index is 12.9. The minimum Gasteiger partial charge on any atom is -0.271 e. The Morgan fingerprint density at radius 2 is 1.81 bits per heavy atom. The van der Waals surface area contributed by atoms with Crippen LogP contribution in [0, 0.1) is 19.7 Å². The van der Waals surface area contributed by atoms with E-state index in [2.05, 4.69) is 37.5 Å². The van der Waals surface area contributed by atoms with Crippen LogP contribution in [-0.4, -0.2) is 11.8 Å². The first-order valence-electron chi connectivity index (χ1n) is 6.99. The lowest BCUT2D eigenvalue weighted by molar-refractivity contribution is 0.575. The summed E-state index contributed by atoms with van der Waals surface area (Å²) in [5.41, 5.74) is 6.75. The fourth-order valence-electron chi connectivity index (χ4n) is 2.11. The van der Waals surface area contributed by atoms with Crippen molar-refractivity contribution in [3.63, 3.8) is 0 Å². The van der Waals surface area contributed by atoms with Crippen molar-refractivity contribution in [2.75, 3.05) is 5.75 Å². The molecule has 1 unspecified atom stereocenters. The van der Waals surface area contributed by atoms with Gasteiger partial charge in [0.2, 0.25) is 0 Å². The lowest BCUT2D eigenvalue weighted by Gasteiger charge is -2.16. The van der Waals surface area contributed by atoms with Gasteiger partial charge in [0.15, 0.2) is 0 Å². The van der Waals surface area contributed by atoms with Crippen LogP contribution >= 0.6 is 11.8 Å². The summed E-state index contributed by atoms with van der Waals surface area (Å²) in [6, 6.07) is 13.2. The molecule has 0 aromatic heterocycles. The van der Waals surface area contributed by atoms with E-state index in [4.69, 9.17) is 5.84 Å². The molecule has 3 N–H and O–H groups in total. The topological polar surface area (TPSA) is 38.0 Å². The SMILES string of the molecule is Cc1ccc(CC(CSc2ccc(F)cc2)NN)cc1C. The third kappa shape index (κ3) is 4.84. The second-order valence-corrected chi connectivity index (χ2v) is 6.34. The second kappa shape index (κ2) is 7.59. The summed E-state index contributed by atoms with van der Waals surface area (Å²) in [6.07, 6.45) is 0.881. The first-order chi connectivity index (χ1) is 10.1. The molecule has 0 aliphatic rings. The van der Waals surface area contributed by atoms with E-state index in [1.54, 1.807) is 23.9 Å². The molecule has 0 amide bonds. The average molecular weight is 304 g/mol. The summed E-state index contributed by atoms with van der Waals surface area (Å²) in [6.45, 7) is 4.24. The predicted molar refractivity (Wildman–Crippen MR) is 87.9 cm³/mol. The van der Waals surface area contributed by atoms with Gasteiger partial charge in [-0.1, -0.05) is 18.2 Å². The van der Waals surface area contributed by atoms with Gasteiger partial charge in [-0.25, -0.2) is 4.39 Å². The largest absolute Gasteiger partial charge is 0.271 e. The molecular weight excluding hydrogens is 283 g/mol. The molecule has 21 heavy (non-hydrogen) atoms. The third-order valence-corrected chi connectivity index (χ3v) is 4.73. The Morgan fingerprint density at radius 3 is 2.43 bits per heavy atom. The van der Waals surface area contributed by atoms with Crippen LogP contribution in [-0.2, 0) is 6.42 Å². The Kier molecular flexibility index (Phi) is 5.79. The average Bonchev–Trinajstić information content (AvgIpc) is 2.49. The van der Waals surface area contributed by atoms with E-state index in [0.717, 1.165) is 17.1 Å². The van der Waals surface area contributed by atoms with Gasteiger partial charge in [0.05, 0.1) is 0 Å². The Bertz CT molecular complexity index is 584. The molecule has 0 saturated heterocycles. The number of nitrogens with one attached hydrogen (secondary N) is 1. The van der Waals surface area contributed by atoms with Crippen molar-refractivity contribution >= 4 is 11.8 Å². The monoisotopic (exact) mass is 304 g/mol. The van der Waals surface area contributed by atoms with Crippen molar-refractivity contribution in [3.8, 4) is 0 Å². The Labute approximate surface area is 129 Å². The maximum Gasteiger partial charge on any atom is 0.123 e. The van der Waals surface area contributed by atoms with Gasteiger partial charge in [0, 0.05) is 16.7 Å². The first kappa shape index (κ1) is 16.0. The summed E-state index contributed by atoms with van der Waals surface area (Å²) in [7, 11) is 0. The summed E-state index contributed by atoms with van der Waals surface area (Å²) in [4.78, 5) is 1.05. The fourth-order valence-corrected chi connectivity index (χ4v) is 3.04. The molecule has 0 radical (unpaired) electrons. The standard InChI is InChI=1S/C17H21FN2S/c1-12-3-4-14(9-13(12)2)10-16(20-19)11-21-17-7-5-15(18)6-8-17/h3-9,16,20H,10-11,19H2,1-2H3. The molecular formula is C17H21FN2S. The minimum atomic E-state index is -0.206. The van der Waals surface area contributed by atoms with Crippen LogP contribution in [0.25, 0.3) is 0 Å². The van der Waals surface area contributed by atoms with Crippen LogP contribution in [0.2, 0.25) is 0 Å². The summed E-state index contributed by atoms with van der Waals surface area (Å²) >= 11 is 1.68. The van der Waals surface area contributed by atoms with Crippen molar-refractivity contribution in [3.05, 3.63) is 65.0 Å². The van der Waals surface area contributed by atoms with Gasteiger partial charge in [-0.3, -0.25) is 11.3 Å². The number of nitrogens with two attached hydrogens (primary N) is 1. The van der Waals surface area contributed by atoms with Crippen molar-refractivity contribution < 1.29 is 4.39 Å². The highest BCUT2D eigenvalue weighted by Crippen LogP contribution is 2.20. The van der Waals surface area contributed by atoms with Gasteiger partial charge < -0.3 is 0 Å². The van der Waals surface area contributed by atoms with E-state index in [1.165, 1.54) is 28.8 Å². The van der Waals surface area contributed by atoms with E-state index in [9.17, 15) is 4.39 Å². The number of thioether (sulfide) groups is 1. The summed E-state index contributed by atoms with van der Waals surface area (Å²) in [5.74, 6) is 6.29. The molecule has 0 fully saturated rings. The molecule has 1 atom stereocenters. The van der Waals surface area contributed by atoms with E-state index in [1.807, 2.05) is 0 Å². The van der Waals surface area contributed by atoms with Crippen LogP contribution in [0.3, 0.4) is 0 Å². The molecule has 112 valence electrons. The van der Waals surface area contributed by atoms with E-state index >= 15 is 0 Å². The Morgan fingerprint density at radius 1 is 1.10 bits per heavy atom. The molecule has 2 aromatic carbocycles. The zero-order valence-corrected chi connectivity index (χ0v) is 13.2. The van der Waals surface area contributed by atoms with Crippen LogP contribution in [0.4, 0.5) is 4.39 Å².